The summed E-state index contributed by atoms with van der Waals surface area (Å²) in [6.07, 6.45) is 2.10. The fourth-order valence-corrected chi connectivity index (χ4v) is 7.92. The number of benzene rings is 2. The van der Waals surface area contributed by atoms with Crippen molar-refractivity contribution in [3.8, 4) is 21.9 Å². The fraction of sp³-hybridized carbons (Fsp3) is 0. The second kappa shape index (κ2) is 9.06. The number of hydrogen-bond donors (Lipinski definition) is 3. The molecule has 0 radical (unpaired) electrons. The quantitative estimate of drug-likeness (QED) is 0.199. The minimum absolute atomic E-state index is 0.258. The van der Waals surface area contributed by atoms with Crippen molar-refractivity contribution >= 4 is 67.9 Å². The maximum atomic E-state index is 13.1. The van der Waals surface area contributed by atoms with Crippen LogP contribution < -0.4 is 10.6 Å². The number of fused-ring (bicyclic) bond motifs is 4. The summed E-state index contributed by atoms with van der Waals surface area (Å²) in [6, 6.07) is 32.8. The molecule has 0 unspecified atom stereocenters. The monoisotopic (exact) mass is 595 g/mol. The fourth-order valence-electron chi connectivity index (χ4n) is 6.17. The van der Waals surface area contributed by atoms with Crippen molar-refractivity contribution in [2.24, 2.45) is 0 Å². The highest BCUT2D eigenvalue weighted by Gasteiger charge is 2.41. The van der Waals surface area contributed by atoms with E-state index in [0.29, 0.717) is 22.5 Å². The molecule has 0 bridgehead atoms. The molecular weight excluding hydrogens is 575 g/mol. The van der Waals surface area contributed by atoms with Gasteiger partial charge in [-0.3, -0.25) is 9.59 Å². The largest absolute Gasteiger partial charge is 0.352 e. The van der Waals surface area contributed by atoms with Crippen molar-refractivity contribution in [1.82, 2.24) is 24.8 Å². The first kappa shape index (κ1) is 24.2. The van der Waals surface area contributed by atoms with E-state index in [-0.39, 0.29) is 11.8 Å². The Morgan fingerprint density at radius 1 is 0.605 bits per heavy atom. The first-order valence-electron chi connectivity index (χ1n) is 13.8. The third-order valence-electron chi connectivity index (χ3n) is 7.98. The first-order valence-corrected chi connectivity index (χ1v) is 15.5. The van der Waals surface area contributed by atoms with Gasteiger partial charge in [0.25, 0.3) is 11.8 Å². The number of H-pyrrole nitrogens is 1. The number of hydrogen-bond acceptors (Lipinski definition) is 4. The molecule has 7 aromatic rings. The van der Waals surface area contributed by atoms with Crippen molar-refractivity contribution in [1.29, 1.82) is 0 Å². The molecule has 0 saturated heterocycles. The van der Waals surface area contributed by atoms with Crippen LogP contribution in [0.2, 0.25) is 0 Å². The van der Waals surface area contributed by atoms with Gasteiger partial charge in [0.05, 0.1) is 64.9 Å². The molecule has 43 heavy (non-hydrogen) atoms. The molecule has 0 spiro atoms. The van der Waals surface area contributed by atoms with Gasteiger partial charge in [0, 0.05) is 17.6 Å². The number of thiophene rings is 2. The Kier molecular flexibility index (Phi) is 5.11. The van der Waals surface area contributed by atoms with E-state index < -0.39 is 0 Å². The molecule has 2 aromatic carbocycles. The van der Waals surface area contributed by atoms with Gasteiger partial charge in [-0.15, -0.1) is 22.7 Å². The molecule has 3 N–H and O–H groups in total. The maximum absolute atomic E-state index is 13.1. The Balaban J connectivity index is 1.23. The molecule has 0 fully saturated rings. The third kappa shape index (κ3) is 3.52. The summed E-state index contributed by atoms with van der Waals surface area (Å²) in [6.45, 7) is 0. The lowest BCUT2D eigenvalue weighted by atomic mass is 10.1. The van der Waals surface area contributed by atoms with Crippen LogP contribution in [0.5, 0.6) is 0 Å². The van der Waals surface area contributed by atoms with Crippen molar-refractivity contribution in [3.63, 3.8) is 0 Å². The van der Waals surface area contributed by atoms with Gasteiger partial charge in [-0.1, -0.05) is 42.5 Å². The van der Waals surface area contributed by atoms with Crippen LogP contribution in [0.1, 0.15) is 9.75 Å². The van der Waals surface area contributed by atoms with E-state index in [9.17, 15) is 9.59 Å². The Morgan fingerprint density at radius 2 is 1.28 bits per heavy atom. The maximum Gasteiger partial charge on any atom is 0.258 e. The van der Waals surface area contributed by atoms with Crippen molar-refractivity contribution in [2.45, 2.75) is 0 Å². The minimum Gasteiger partial charge on any atom is -0.352 e. The van der Waals surface area contributed by atoms with Gasteiger partial charge >= 0.3 is 0 Å². The number of rotatable bonds is 5. The van der Waals surface area contributed by atoms with Gasteiger partial charge in [0.15, 0.2) is 0 Å². The van der Waals surface area contributed by atoms with Crippen LogP contribution in [-0.4, -0.2) is 25.9 Å². The zero-order chi connectivity index (χ0) is 28.7. The number of carbonyl (C=O) groups excluding carboxylic acids is 2. The molecule has 0 aliphatic carbocycles. The molecule has 7 nitrogen and oxygen atoms in total. The van der Waals surface area contributed by atoms with Crippen LogP contribution >= 0.6 is 22.7 Å². The number of carbonyl (C=O) groups is 2. The lowest BCUT2D eigenvalue weighted by Crippen LogP contribution is -2.20. The average molecular weight is 596 g/mol. The van der Waals surface area contributed by atoms with E-state index in [1.54, 1.807) is 11.3 Å². The summed E-state index contributed by atoms with van der Waals surface area (Å²) < 4.78 is 4.51. The zero-order valence-corrected chi connectivity index (χ0v) is 24.1. The van der Waals surface area contributed by atoms with Crippen LogP contribution in [0, 0.1) is 0 Å². The molecule has 206 valence electrons. The van der Waals surface area contributed by atoms with E-state index in [1.807, 2.05) is 60.0 Å². The van der Waals surface area contributed by atoms with E-state index >= 15 is 0 Å². The summed E-state index contributed by atoms with van der Waals surface area (Å²) in [7, 11) is 0. The highest BCUT2D eigenvalue weighted by Crippen LogP contribution is 2.43. The topological polar surface area (TPSA) is 83.8 Å². The predicted molar refractivity (Wildman–Crippen MR) is 172 cm³/mol. The number of aromatic nitrogens is 3. The summed E-state index contributed by atoms with van der Waals surface area (Å²) in [5.41, 5.74) is 9.39. The van der Waals surface area contributed by atoms with Crippen molar-refractivity contribution in [3.05, 3.63) is 130 Å². The van der Waals surface area contributed by atoms with Crippen molar-refractivity contribution < 1.29 is 9.59 Å². The third-order valence-corrected chi connectivity index (χ3v) is 10.00. The number of para-hydroxylation sites is 2. The second-order valence-electron chi connectivity index (χ2n) is 10.4. The summed E-state index contributed by atoms with van der Waals surface area (Å²) in [5, 5.41) is 7.86. The summed E-state index contributed by atoms with van der Waals surface area (Å²) in [5.74, 6) is -0.515. The Labute approximate surface area is 253 Å². The van der Waals surface area contributed by atoms with Gasteiger partial charge in [-0.05, 0) is 60.0 Å². The van der Waals surface area contributed by atoms with Gasteiger partial charge in [-0.25, -0.2) is 0 Å². The molecular formula is C34H21N5O2S2. The first-order chi connectivity index (χ1) is 21.2. The van der Waals surface area contributed by atoms with E-state index in [4.69, 9.17) is 0 Å². The number of nitrogens with one attached hydrogen (secondary N) is 3. The number of amides is 2. The highest BCUT2D eigenvalue weighted by atomic mass is 32.1. The molecule has 2 amide bonds. The van der Waals surface area contributed by atoms with Crippen LogP contribution in [0.15, 0.2) is 120 Å². The molecule has 9 heteroatoms. The zero-order valence-electron chi connectivity index (χ0n) is 22.4. The Morgan fingerprint density at radius 3 is 1.98 bits per heavy atom. The lowest BCUT2D eigenvalue weighted by molar-refractivity contribution is -0.117. The smallest absolute Gasteiger partial charge is 0.258 e. The van der Waals surface area contributed by atoms with Gasteiger partial charge in [-0.2, -0.15) is 0 Å². The average Bonchev–Trinajstić information content (AvgIpc) is 3.87. The molecule has 5 aromatic heterocycles. The summed E-state index contributed by atoms with van der Waals surface area (Å²) >= 11 is 3.05. The van der Waals surface area contributed by atoms with Gasteiger partial charge in [0.2, 0.25) is 0 Å². The van der Waals surface area contributed by atoms with Crippen LogP contribution in [0.3, 0.4) is 0 Å². The Hall–Kier alpha value is -5.38. The van der Waals surface area contributed by atoms with Crippen LogP contribution in [0.25, 0.3) is 55.4 Å². The molecule has 2 aliphatic rings. The SMILES string of the molecule is O=C1NC(c2ccc(-c3cc4[nH]c5ccn(-c6ccccc6)c5c4n3-c3ccccc3)s2)=C2C(=O)NC(c3cccs3)=C12. The standard InChI is InChI=1S/C34H21N5O2S2/c40-33-27-28(34(41)36-29(27)25-12-7-17-42-25)30(37-33)26-14-13-24(43-26)23-18-22-32(39(23)20-10-5-2-6-11-20)31-21(35-22)15-16-38(31)19-8-3-1-4-9-19/h1-18,35H,(H,36,41)(H,37,40). The van der Waals surface area contributed by atoms with Gasteiger partial charge in [0.1, 0.15) is 0 Å². The van der Waals surface area contributed by atoms with Crippen LogP contribution in [-0.2, 0) is 9.59 Å². The highest BCUT2D eigenvalue weighted by molar-refractivity contribution is 7.16. The Bertz CT molecular complexity index is 2310. The normalized spacial score (nSPS) is 14.8. The molecule has 0 saturated carbocycles. The number of aromatic amines is 1. The molecule has 0 atom stereocenters. The molecule has 7 heterocycles. The van der Waals surface area contributed by atoms with Crippen LogP contribution in [0.4, 0.5) is 0 Å². The van der Waals surface area contributed by atoms with E-state index in [2.05, 4.69) is 73.4 Å². The summed E-state index contributed by atoms with van der Waals surface area (Å²) in [4.78, 5) is 32.6. The van der Waals surface area contributed by atoms with E-state index in [0.717, 1.165) is 53.8 Å². The molecule has 9 rings (SSSR count). The van der Waals surface area contributed by atoms with E-state index in [1.165, 1.54) is 11.3 Å². The predicted octanol–water partition coefficient (Wildman–Crippen LogP) is 7.07. The minimum atomic E-state index is -0.258. The van der Waals surface area contributed by atoms with Gasteiger partial charge < -0.3 is 24.8 Å². The number of nitrogens with zero attached hydrogens (tertiary/aromatic N) is 2. The van der Waals surface area contributed by atoms with Crippen molar-refractivity contribution in [2.75, 3.05) is 0 Å². The lowest BCUT2D eigenvalue weighted by Gasteiger charge is -2.11. The second-order valence-corrected chi connectivity index (χ2v) is 12.5. The molecule has 2 aliphatic heterocycles.